The van der Waals surface area contributed by atoms with Crippen LogP contribution in [0.1, 0.15) is 13.3 Å². The molecule has 1 atom stereocenters. The maximum Gasteiger partial charge on any atom is 0.328 e. The molecule has 12 heavy (non-hydrogen) atoms. The zero-order valence-electron chi connectivity index (χ0n) is 7.29. The van der Waals surface area contributed by atoms with Gasteiger partial charge in [-0.25, -0.2) is 4.79 Å². The number of rotatable bonds is 4. The van der Waals surface area contributed by atoms with Crippen LogP contribution in [0.25, 0.3) is 0 Å². The van der Waals surface area contributed by atoms with Crippen molar-refractivity contribution in [2.75, 3.05) is 7.11 Å². The molecule has 0 aliphatic rings. The van der Waals surface area contributed by atoms with Gasteiger partial charge >= 0.3 is 5.97 Å². The van der Waals surface area contributed by atoms with E-state index in [-0.39, 0.29) is 5.91 Å². The summed E-state index contributed by atoms with van der Waals surface area (Å²) in [6.07, 6.45) is 1.93. The minimum absolute atomic E-state index is 0.257. The van der Waals surface area contributed by atoms with Crippen molar-refractivity contribution in [2.45, 2.75) is 19.4 Å². The number of carbonyl (C=O) groups excluding carboxylic acids is 2. The predicted molar refractivity (Wildman–Crippen MR) is 44.4 cm³/mol. The topological polar surface area (TPSA) is 55.4 Å². The van der Waals surface area contributed by atoms with Crippen LogP contribution in [0.5, 0.6) is 0 Å². The second-order valence-corrected chi connectivity index (χ2v) is 2.30. The second kappa shape index (κ2) is 5.35. The Morgan fingerprint density at radius 1 is 1.67 bits per heavy atom. The quantitative estimate of drug-likeness (QED) is 0.487. The predicted octanol–water partition coefficient (Wildman–Crippen LogP) is 0.240. The van der Waals surface area contributed by atoms with Gasteiger partial charge in [0.1, 0.15) is 6.04 Å². The average Bonchev–Trinajstić information content (AvgIpc) is 2.01. The Balaban J connectivity index is 4.11. The molecule has 0 rings (SSSR count). The summed E-state index contributed by atoms with van der Waals surface area (Å²) in [5.74, 6) is -0.711. The Morgan fingerprint density at radius 2 is 2.25 bits per heavy atom. The lowest BCUT2D eigenvalue weighted by molar-refractivity contribution is -0.144. The van der Waals surface area contributed by atoms with Crippen molar-refractivity contribution in [2.24, 2.45) is 0 Å². The number of hydrogen-bond acceptors (Lipinski definition) is 3. The van der Waals surface area contributed by atoms with E-state index in [1.165, 1.54) is 14.0 Å². The lowest BCUT2D eigenvalue weighted by atomic mass is 10.2. The minimum atomic E-state index is -0.606. The first-order valence-electron chi connectivity index (χ1n) is 3.57. The average molecular weight is 171 g/mol. The zero-order valence-corrected chi connectivity index (χ0v) is 7.29. The van der Waals surface area contributed by atoms with E-state index in [0.29, 0.717) is 6.42 Å². The summed E-state index contributed by atoms with van der Waals surface area (Å²) in [5, 5.41) is 2.45. The minimum Gasteiger partial charge on any atom is -0.467 e. The molecule has 0 unspecified atom stereocenters. The van der Waals surface area contributed by atoms with Gasteiger partial charge in [-0.05, 0) is 6.42 Å². The van der Waals surface area contributed by atoms with Crippen molar-refractivity contribution in [3.63, 3.8) is 0 Å². The van der Waals surface area contributed by atoms with Gasteiger partial charge in [0.2, 0.25) is 5.91 Å². The normalized spacial score (nSPS) is 11.5. The van der Waals surface area contributed by atoms with Crippen molar-refractivity contribution >= 4 is 11.9 Å². The molecule has 0 heterocycles. The van der Waals surface area contributed by atoms with Crippen molar-refractivity contribution in [3.8, 4) is 0 Å². The van der Waals surface area contributed by atoms with Crippen LogP contribution in [0.15, 0.2) is 12.7 Å². The van der Waals surface area contributed by atoms with Crippen LogP contribution in [0.3, 0.4) is 0 Å². The Hall–Kier alpha value is -1.32. The molecule has 0 saturated heterocycles. The van der Waals surface area contributed by atoms with E-state index >= 15 is 0 Å². The molecule has 0 fully saturated rings. The molecular weight excluding hydrogens is 158 g/mol. The van der Waals surface area contributed by atoms with Crippen molar-refractivity contribution in [1.29, 1.82) is 0 Å². The van der Waals surface area contributed by atoms with Crippen LogP contribution in [-0.4, -0.2) is 25.0 Å². The molecule has 0 aliphatic heterocycles. The number of nitrogens with one attached hydrogen (secondary N) is 1. The fourth-order valence-corrected chi connectivity index (χ4v) is 0.768. The van der Waals surface area contributed by atoms with E-state index in [1.54, 1.807) is 6.08 Å². The Morgan fingerprint density at radius 3 is 2.58 bits per heavy atom. The molecule has 1 amide bonds. The summed E-state index contributed by atoms with van der Waals surface area (Å²) in [5.41, 5.74) is 0. The van der Waals surface area contributed by atoms with Crippen LogP contribution < -0.4 is 5.32 Å². The standard InChI is InChI=1S/C8H13NO3/c1-4-5-7(8(11)12-3)9-6(2)10/h4,7H,1,5H2,2-3H3,(H,9,10)/t7-/m1/s1. The zero-order chi connectivity index (χ0) is 9.56. The van der Waals surface area contributed by atoms with E-state index in [4.69, 9.17) is 0 Å². The molecular formula is C8H13NO3. The highest BCUT2D eigenvalue weighted by Crippen LogP contribution is 1.95. The van der Waals surface area contributed by atoms with Crippen molar-refractivity contribution < 1.29 is 14.3 Å². The molecule has 0 saturated carbocycles. The smallest absolute Gasteiger partial charge is 0.328 e. The highest BCUT2D eigenvalue weighted by Gasteiger charge is 2.17. The first-order chi connectivity index (χ1) is 5.61. The third kappa shape index (κ3) is 3.75. The highest BCUT2D eigenvalue weighted by molar-refractivity contribution is 5.83. The molecule has 4 nitrogen and oxygen atoms in total. The summed E-state index contributed by atoms with van der Waals surface area (Å²) in [4.78, 5) is 21.5. The summed E-state index contributed by atoms with van der Waals surface area (Å²) in [6, 6.07) is -0.606. The third-order valence-electron chi connectivity index (χ3n) is 1.27. The van der Waals surface area contributed by atoms with Gasteiger partial charge in [-0.3, -0.25) is 4.79 Å². The lowest BCUT2D eigenvalue weighted by Gasteiger charge is -2.12. The first kappa shape index (κ1) is 10.7. The fourth-order valence-electron chi connectivity index (χ4n) is 0.768. The van der Waals surface area contributed by atoms with Crippen LogP contribution in [-0.2, 0) is 14.3 Å². The summed E-state index contributed by atoms with van der Waals surface area (Å²) < 4.78 is 4.46. The Kier molecular flexibility index (Phi) is 4.76. The molecule has 1 N–H and O–H groups in total. The van der Waals surface area contributed by atoms with Gasteiger partial charge in [0.15, 0.2) is 0 Å². The molecule has 0 aliphatic carbocycles. The summed E-state index contributed by atoms with van der Waals surface area (Å²) >= 11 is 0. The van der Waals surface area contributed by atoms with E-state index in [0.717, 1.165) is 0 Å². The van der Waals surface area contributed by atoms with Crippen molar-refractivity contribution in [3.05, 3.63) is 12.7 Å². The highest BCUT2D eigenvalue weighted by atomic mass is 16.5. The number of esters is 1. The van der Waals surface area contributed by atoms with Gasteiger partial charge in [0, 0.05) is 6.92 Å². The van der Waals surface area contributed by atoms with Crippen LogP contribution >= 0.6 is 0 Å². The molecule has 0 spiro atoms. The van der Waals surface area contributed by atoms with Gasteiger partial charge in [0.05, 0.1) is 7.11 Å². The SMILES string of the molecule is C=CC[C@@H](NC(C)=O)C(=O)OC. The number of carbonyl (C=O) groups is 2. The van der Waals surface area contributed by atoms with Crippen LogP contribution in [0.2, 0.25) is 0 Å². The molecule has 0 bridgehead atoms. The monoisotopic (exact) mass is 171 g/mol. The second-order valence-electron chi connectivity index (χ2n) is 2.30. The van der Waals surface area contributed by atoms with Crippen molar-refractivity contribution in [1.82, 2.24) is 5.32 Å². The van der Waals surface area contributed by atoms with Crippen LogP contribution in [0.4, 0.5) is 0 Å². The van der Waals surface area contributed by atoms with E-state index < -0.39 is 12.0 Å². The molecule has 0 aromatic carbocycles. The van der Waals surface area contributed by atoms with Gasteiger partial charge in [-0.2, -0.15) is 0 Å². The molecule has 68 valence electrons. The third-order valence-corrected chi connectivity index (χ3v) is 1.27. The van der Waals surface area contributed by atoms with E-state index in [1.807, 2.05) is 0 Å². The maximum absolute atomic E-state index is 11.0. The summed E-state index contributed by atoms with van der Waals surface area (Å²) in [7, 11) is 1.28. The number of ether oxygens (including phenoxy) is 1. The molecule has 4 heteroatoms. The fraction of sp³-hybridized carbons (Fsp3) is 0.500. The van der Waals surface area contributed by atoms with Gasteiger partial charge in [-0.15, -0.1) is 6.58 Å². The number of methoxy groups -OCH3 is 1. The van der Waals surface area contributed by atoms with E-state index in [9.17, 15) is 9.59 Å². The molecule has 0 aromatic rings. The molecule has 0 aromatic heterocycles. The maximum atomic E-state index is 11.0. The summed E-state index contributed by atoms with van der Waals surface area (Å²) in [6.45, 7) is 4.81. The number of hydrogen-bond donors (Lipinski definition) is 1. The Bertz CT molecular complexity index is 189. The van der Waals surface area contributed by atoms with Gasteiger partial charge in [0.25, 0.3) is 0 Å². The van der Waals surface area contributed by atoms with Crippen LogP contribution in [0, 0.1) is 0 Å². The Labute approximate surface area is 71.6 Å². The van der Waals surface area contributed by atoms with E-state index in [2.05, 4.69) is 16.6 Å². The van der Waals surface area contributed by atoms with Gasteiger partial charge in [-0.1, -0.05) is 6.08 Å². The largest absolute Gasteiger partial charge is 0.467 e. The van der Waals surface area contributed by atoms with Gasteiger partial charge < -0.3 is 10.1 Å². The lowest BCUT2D eigenvalue weighted by Crippen LogP contribution is -2.39. The first-order valence-corrected chi connectivity index (χ1v) is 3.57. The number of amides is 1. The molecule has 0 radical (unpaired) electrons.